The molecule has 0 N–H and O–H groups in total. The minimum atomic E-state index is -3.61. The molecule has 3 fully saturated rings. The van der Waals surface area contributed by atoms with E-state index in [0.717, 1.165) is 24.8 Å². The number of pyridine rings is 1. The third kappa shape index (κ3) is 2.61. The molecule has 1 spiro atoms. The Kier molecular flexibility index (Phi) is 3.98. The molecule has 1 saturated heterocycles. The van der Waals surface area contributed by atoms with Gasteiger partial charge in [0.15, 0.2) is 18.9 Å². The second-order valence-corrected chi connectivity index (χ2v) is 11.3. The minimum absolute atomic E-state index is 0.0380. The summed E-state index contributed by atoms with van der Waals surface area (Å²) in [5.74, 6) is 0.228. The average Bonchev–Trinajstić information content (AvgIpc) is 3.16. The van der Waals surface area contributed by atoms with E-state index in [-0.39, 0.29) is 28.5 Å². The molecule has 2 bridgehead atoms. The Hall–Kier alpha value is -2.21. The third-order valence-corrected chi connectivity index (χ3v) is 9.82. The van der Waals surface area contributed by atoms with Gasteiger partial charge in [-0.2, -0.15) is 4.57 Å². The predicted octanol–water partition coefficient (Wildman–Crippen LogP) is 3.00. The van der Waals surface area contributed by atoms with Crippen LogP contribution in [0.15, 0.2) is 54.9 Å². The number of nitrogens with zero attached hydrogens (tertiary/aromatic N) is 2. The average molecular weight is 412 g/mol. The number of fused-ring (bicyclic) bond motifs is 1. The quantitative estimate of drug-likeness (QED) is 0.730. The topological polar surface area (TPSA) is 58.3 Å². The van der Waals surface area contributed by atoms with E-state index < -0.39 is 10.0 Å². The fourth-order valence-electron chi connectivity index (χ4n) is 6.22. The number of carbonyl (C=O) groups is 1. The van der Waals surface area contributed by atoms with Crippen molar-refractivity contribution in [3.05, 3.63) is 66.0 Å². The molecule has 3 atom stereocenters. The van der Waals surface area contributed by atoms with Crippen molar-refractivity contribution >= 4 is 15.9 Å². The Bertz CT molecular complexity index is 1080. The van der Waals surface area contributed by atoms with Crippen LogP contribution in [0, 0.1) is 16.7 Å². The van der Waals surface area contributed by atoms with E-state index >= 15 is 0 Å². The zero-order chi connectivity index (χ0) is 20.4. The number of carbonyl (C=O) groups excluding carboxylic acids is 1. The largest absolute Gasteiger partial charge is 0.273 e. The van der Waals surface area contributed by atoms with Crippen molar-refractivity contribution in [2.45, 2.75) is 45.7 Å². The van der Waals surface area contributed by atoms with Crippen LogP contribution in [0.3, 0.4) is 0 Å². The van der Waals surface area contributed by atoms with Crippen LogP contribution in [0.1, 0.15) is 49.0 Å². The number of rotatable bonds is 3. The summed E-state index contributed by atoms with van der Waals surface area (Å²) in [5, 5.41) is 0. The fourth-order valence-corrected chi connectivity index (χ4v) is 8.76. The molecule has 29 heavy (non-hydrogen) atoms. The summed E-state index contributed by atoms with van der Waals surface area (Å²) in [6, 6.07) is 13.4. The lowest BCUT2D eigenvalue weighted by molar-refractivity contribution is -0.688. The molecule has 1 amide bonds. The van der Waals surface area contributed by atoms with Gasteiger partial charge >= 0.3 is 0 Å². The molecule has 2 heterocycles. The summed E-state index contributed by atoms with van der Waals surface area (Å²) >= 11 is 0. The zero-order valence-corrected chi connectivity index (χ0v) is 17.7. The molecule has 0 unspecified atom stereocenters. The molecular formula is C23H27N2O3S+. The molecule has 152 valence electrons. The molecule has 1 aromatic heterocycles. The van der Waals surface area contributed by atoms with Gasteiger partial charge in [0.1, 0.15) is 5.56 Å². The number of amides is 1. The number of sulfonamides is 1. The summed E-state index contributed by atoms with van der Waals surface area (Å²) in [4.78, 5) is 13.4. The number of aromatic nitrogens is 1. The first-order valence-corrected chi connectivity index (χ1v) is 11.9. The summed E-state index contributed by atoms with van der Waals surface area (Å²) in [5.41, 5.74) is 1.24. The van der Waals surface area contributed by atoms with Crippen LogP contribution in [0.5, 0.6) is 0 Å². The third-order valence-electron chi connectivity index (χ3n) is 7.92. The van der Waals surface area contributed by atoms with Crippen molar-refractivity contribution in [2.24, 2.45) is 16.7 Å². The van der Waals surface area contributed by atoms with Gasteiger partial charge in [0, 0.05) is 17.0 Å². The predicted molar refractivity (Wildman–Crippen MR) is 109 cm³/mol. The van der Waals surface area contributed by atoms with Crippen LogP contribution in [0.4, 0.5) is 0 Å². The summed E-state index contributed by atoms with van der Waals surface area (Å²) in [6.07, 6.45) is 6.46. The lowest BCUT2D eigenvalue weighted by Gasteiger charge is -2.37. The molecule has 2 aromatic rings. The van der Waals surface area contributed by atoms with E-state index in [1.165, 1.54) is 4.31 Å². The summed E-state index contributed by atoms with van der Waals surface area (Å²) in [7, 11) is -3.61. The molecular weight excluding hydrogens is 384 g/mol. The lowest BCUT2D eigenvalue weighted by Crippen LogP contribution is -2.45. The SMILES string of the molecule is CC1(C)[C@@H]2CC[C@]13CS(=O)(=O)N(C(=O)c1ccc[n+](Cc4ccccc4)c1)[C@@H]3C2. The number of hydrogen-bond acceptors (Lipinski definition) is 3. The number of benzene rings is 1. The van der Waals surface area contributed by atoms with E-state index in [9.17, 15) is 13.2 Å². The van der Waals surface area contributed by atoms with Gasteiger partial charge in [0.2, 0.25) is 10.0 Å². The van der Waals surface area contributed by atoms with Gasteiger partial charge in [-0.15, -0.1) is 0 Å². The van der Waals surface area contributed by atoms with Gasteiger partial charge in [0.05, 0.1) is 11.8 Å². The van der Waals surface area contributed by atoms with Crippen LogP contribution in [-0.4, -0.2) is 30.4 Å². The molecule has 5 nitrogen and oxygen atoms in total. The zero-order valence-electron chi connectivity index (χ0n) is 16.9. The molecule has 5 rings (SSSR count). The second kappa shape index (κ2) is 6.14. The molecule has 0 radical (unpaired) electrons. The van der Waals surface area contributed by atoms with Crippen molar-refractivity contribution in [3.8, 4) is 0 Å². The highest BCUT2D eigenvalue weighted by atomic mass is 32.2. The second-order valence-electron chi connectivity index (χ2n) is 9.47. The Morgan fingerprint density at radius 1 is 1.17 bits per heavy atom. The molecule has 1 aromatic carbocycles. The first kappa shape index (κ1) is 18.8. The van der Waals surface area contributed by atoms with E-state index in [2.05, 4.69) is 13.8 Å². The molecule has 1 aliphatic heterocycles. The maximum atomic E-state index is 13.4. The van der Waals surface area contributed by atoms with E-state index in [1.54, 1.807) is 12.3 Å². The Labute approximate surface area is 172 Å². The highest BCUT2D eigenvalue weighted by Gasteiger charge is 2.72. The highest BCUT2D eigenvalue weighted by molar-refractivity contribution is 7.90. The fraction of sp³-hybridized carbons (Fsp3) is 0.478. The van der Waals surface area contributed by atoms with Gasteiger partial charge in [-0.3, -0.25) is 4.79 Å². The number of hydrogen-bond donors (Lipinski definition) is 0. The van der Waals surface area contributed by atoms with Gasteiger partial charge in [0.25, 0.3) is 5.91 Å². The van der Waals surface area contributed by atoms with E-state index in [4.69, 9.17) is 0 Å². The van der Waals surface area contributed by atoms with Gasteiger partial charge in [-0.25, -0.2) is 12.7 Å². The van der Waals surface area contributed by atoms with Crippen LogP contribution >= 0.6 is 0 Å². The normalized spacial score (nSPS) is 31.0. The maximum absolute atomic E-state index is 13.4. The first-order chi connectivity index (χ1) is 13.7. The van der Waals surface area contributed by atoms with Crippen molar-refractivity contribution in [1.82, 2.24) is 4.31 Å². The van der Waals surface area contributed by atoms with Crippen LogP contribution in [-0.2, 0) is 16.6 Å². The van der Waals surface area contributed by atoms with Crippen LogP contribution in [0.25, 0.3) is 0 Å². The standard InChI is InChI=1S/C23H27N2O3S/c1-22(2)19-10-11-23(22)16-29(27,28)25(20(23)13-19)21(26)18-9-6-12-24(15-18)14-17-7-4-3-5-8-17/h3-9,12,15,19-20H,10-11,13-14,16H2,1-2H3/q+1/t19-,20-,23-/m1/s1. The smallest absolute Gasteiger partial charge is 0.268 e. The van der Waals surface area contributed by atoms with Gasteiger partial charge in [-0.05, 0) is 36.7 Å². The van der Waals surface area contributed by atoms with Crippen molar-refractivity contribution in [1.29, 1.82) is 0 Å². The van der Waals surface area contributed by atoms with Gasteiger partial charge in [-0.1, -0.05) is 44.2 Å². The van der Waals surface area contributed by atoms with Crippen molar-refractivity contribution < 1.29 is 17.8 Å². The molecule has 2 saturated carbocycles. The Morgan fingerprint density at radius 2 is 1.93 bits per heavy atom. The van der Waals surface area contributed by atoms with Gasteiger partial charge < -0.3 is 0 Å². The van der Waals surface area contributed by atoms with Crippen molar-refractivity contribution in [3.63, 3.8) is 0 Å². The summed E-state index contributed by atoms with van der Waals surface area (Å²) < 4.78 is 29.5. The lowest BCUT2D eigenvalue weighted by atomic mass is 9.69. The molecule has 3 aliphatic rings. The maximum Gasteiger partial charge on any atom is 0.273 e. The van der Waals surface area contributed by atoms with E-state index in [0.29, 0.717) is 18.0 Å². The summed E-state index contributed by atoms with van der Waals surface area (Å²) in [6.45, 7) is 5.03. The monoisotopic (exact) mass is 411 g/mol. The van der Waals surface area contributed by atoms with Crippen LogP contribution in [0.2, 0.25) is 0 Å². The molecule has 6 heteroatoms. The van der Waals surface area contributed by atoms with Crippen molar-refractivity contribution in [2.75, 3.05) is 5.75 Å². The van der Waals surface area contributed by atoms with E-state index in [1.807, 2.05) is 47.2 Å². The molecule has 2 aliphatic carbocycles. The highest BCUT2D eigenvalue weighted by Crippen LogP contribution is 2.70. The Morgan fingerprint density at radius 3 is 2.66 bits per heavy atom. The minimum Gasteiger partial charge on any atom is -0.268 e. The van der Waals surface area contributed by atoms with Crippen LogP contribution < -0.4 is 4.57 Å². The Balaban J connectivity index is 1.48. The first-order valence-electron chi connectivity index (χ1n) is 10.3.